The van der Waals surface area contributed by atoms with E-state index in [9.17, 15) is 13.2 Å². The highest BCUT2D eigenvalue weighted by Gasteiger charge is 2.21. The van der Waals surface area contributed by atoms with E-state index in [0.717, 1.165) is 16.3 Å². The summed E-state index contributed by atoms with van der Waals surface area (Å²) in [4.78, 5) is 12.4. The number of nitrogens with one attached hydrogen (secondary N) is 1. The van der Waals surface area contributed by atoms with E-state index in [1.807, 2.05) is 42.5 Å². The van der Waals surface area contributed by atoms with Crippen LogP contribution in [0.4, 0.5) is 0 Å². The number of sulfonamides is 1. The van der Waals surface area contributed by atoms with Crippen molar-refractivity contribution in [1.82, 2.24) is 9.62 Å². The summed E-state index contributed by atoms with van der Waals surface area (Å²) in [7, 11) is -3.51. The fraction of sp³-hybridized carbons (Fsp3) is 0.261. The van der Waals surface area contributed by atoms with Crippen LogP contribution in [0.3, 0.4) is 0 Å². The maximum absolute atomic E-state index is 12.5. The first-order valence-electron chi connectivity index (χ1n) is 9.92. The van der Waals surface area contributed by atoms with E-state index < -0.39 is 10.0 Å². The first kappa shape index (κ1) is 21.8. The molecule has 0 atom stereocenters. The zero-order chi connectivity index (χ0) is 21.6. The molecule has 1 amide bonds. The summed E-state index contributed by atoms with van der Waals surface area (Å²) < 4.78 is 31.9. The Kier molecular flexibility index (Phi) is 7.07. The predicted octanol–water partition coefficient (Wildman–Crippen LogP) is 3.57. The van der Waals surface area contributed by atoms with Crippen molar-refractivity contribution in [2.24, 2.45) is 0 Å². The maximum atomic E-state index is 12.5. The Hall–Kier alpha value is -2.90. The molecule has 0 aromatic heterocycles. The smallest absolute Gasteiger partial charge is 0.258 e. The number of carbonyl (C=O) groups is 1. The van der Waals surface area contributed by atoms with Crippen LogP contribution in [-0.2, 0) is 21.4 Å². The molecule has 0 spiro atoms. The van der Waals surface area contributed by atoms with Crippen LogP contribution in [0, 0.1) is 0 Å². The van der Waals surface area contributed by atoms with Crippen LogP contribution >= 0.6 is 0 Å². The molecule has 158 valence electrons. The van der Waals surface area contributed by atoms with E-state index in [2.05, 4.69) is 5.32 Å². The zero-order valence-electron chi connectivity index (χ0n) is 17.2. The lowest BCUT2D eigenvalue weighted by atomic mass is 10.0. The quantitative estimate of drug-likeness (QED) is 0.568. The minimum atomic E-state index is -3.51. The minimum absolute atomic E-state index is 0.146. The highest BCUT2D eigenvalue weighted by atomic mass is 32.2. The number of rotatable bonds is 9. The van der Waals surface area contributed by atoms with E-state index in [4.69, 9.17) is 4.74 Å². The van der Waals surface area contributed by atoms with E-state index >= 15 is 0 Å². The first-order valence-corrected chi connectivity index (χ1v) is 11.4. The molecule has 0 aliphatic rings. The summed E-state index contributed by atoms with van der Waals surface area (Å²) in [6.07, 6.45) is 0. The molecule has 1 N–H and O–H groups in total. The van der Waals surface area contributed by atoms with Crippen molar-refractivity contribution in [3.63, 3.8) is 0 Å². The molecule has 0 saturated carbocycles. The number of ether oxygens (including phenoxy) is 1. The molecule has 3 aromatic carbocycles. The number of amides is 1. The lowest BCUT2D eigenvalue weighted by Crippen LogP contribution is -2.30. The second kappa shape index (κ2) is 9.73. The normalized spacial score (nSPS) is 11.6. The molecule has 0 unspecified atom stereocenters. The molecule has 0 aliphatic carbocycles. The standard InChI is InChI=1S/C23H26N2O4S/c1-3-25(4-2)30(27,28)21-14-12-20(13-15-21)29-17-23(26)24-16-19-10-7-9-18-8-5-6-11-22(18)19/h5-15H,3-4,16-17H2,1-2H3,(H,24,26). The second-order valence-corrected chi connectivity index (χ2v) is 8.70. The van der Waals surface area contributed by atoms with Gasteiger partial charge in [0.1, 0.15) is 5.75 Å². The molecule has 3 aromatic rings. The first-order chi connectivity index (χ1) is 14.5. The van der Waals surface area contributed by atoms with Gasteiger partial charge in [0.15, 0.2) is 6.61 Å². The summed E-state index contributed by atoms with van der Waals surface area (Å²) in [6.45, 7) is 4.68. The molecular formula is C23H26N2O4S. The summed E-state index contributed by atoms with van der Waals surface area (Å²) in [5, 5.41) is 5.09. The number of fused-ring (bicyclic) bond motifs is 1. The summed E-state index contributed by atoms with van der Waals surface area (Å²) in [6, 6.07) is 20.1. The Morgan fingerprint density at radius 3 is 2.30 bits per heavy atom. The van der Waals surface area contributed by atoms with Crippen LogP contribution < -0.4 is 10.1 Å². The molecule has 0 aliphatic heterocycles. The van der Waals surface area contributed by atoms with Crippen LogP contribution in [0.2, 0.25) is 0 Å². The van der Waals surface area contributed by atoms with Gasteiger partial charge >= 0.3 is 0 Å². The van der Waals surface area contributed by atoms with Crippen LogP contribution in [0.5, 0.6) is 5.75 Å². The fourth-order valence-corrected chi connectivity index (χ4v) is 4.72. The third-order valence-electron chi connectivity index (χ3n) is 4.89. The Morgan fingerprint density at radius 2 is 1.60 bits per heavy atom. The molecule has 0 saturated heterocycles. The lowest BCUT2D eigenvalue weighted by molar-refractivity contribution is -0.123. The van der Waals surface area contributed by atoms with E-state index in [1.165, 1.54) is 16.4 Å². The molecular weight excluding hydrogens is 400 g/mol. The SMILES string of the molecule is CCN(CC)S(=O)(=O)c1ccc(OCC(=O)NCc2cccc3ccccc23)cc1. The Labute approximate surface area is 177 Å². The van der Waals surface area contributed by atoms with Gasteiger partial charge in [-0.25, -0.2) is 8.42 Å². The molecule has 0 bridgehead atoms. The molecule has 0 fully saturated rings. The van der Waals surface area contributed by atoms with Gasteiger partial charge in [0, 0.05) is 19.6 Å². The van der Waals surface area contributed by atoms with Crippen LogP contribution in [0.15, 0.2) is 71.6 Å². The van der Waals surface area contributed by atoms with Gasteiger partial charge in [-0.15, -0.1) is 0 Å². The van der Waals surface area contributed by atoms with Gasteiger partial charge in [-0.2, -0.15) is 4.31 Å². The van der Waals surface area contributed by atoms with E-state index in [1.54, 1.807) is 26.0 Å². The molecule has 0 heterocycles. The Morgan fingerprint density at radius 1 is 0.933 bits per heavy atom. The van der Waals surface area contributed by atoms with Crippen molar-refractivity contribution in [3.05, 3.63) is 72.3 Å². The van der Waals surface area contributed by atoms with Gasteiger partial charge < -0.3 is 10.1 Å². The maximum Gasteiger partial charge on any atom is 0.258 e. The molecule has 6 nitrogen and oxygen atoms in total. The number of hydrogen-bond donors (Lipinski definition) is 1. The zero-order valence-corrected chi connectivity index (χ0v) is 18.0. The van der Waals surface area contributed by atoms with Gasteiger partial charge in [0.25, 0.3) is 5.91 Å². The number of benzene rings is 3. The minimum Gasteiger partial charge on any atom is -0.484 e. The average molecular weight is 427 g/mol. The number of nitrogens with zero attached hydrogens (tertiary/aromatic N) is 1. The molecule has 3 rings (SSSR count). The third kappa shape index (κ3) is 4.98. The molecule has 7 heteroatoms. The summed E-state index contributed by atoms with van der Waals surface area (Å²) in [5.74, 6) is 0.191. The van der Waals surface area contributed by atoms with Crippen LogP contribution in [0.25, 0.3) is 10.8 Å². The van der Waals surface area contributed by atoms with Crippen molar-refractivity contribution >= 4 is 26.7 Å². The topological polar surface area (TPSA) is 75.7 Å². The van der Waals surface area contributed by atoms with E-state index in [-0.39, 0.29) is 17.4 Å². The van der Waals surface area contributed by atoms with Crippen molar-refractivity contribution in [2.75, 3.05) is 19.7 Å². The van der Waals surface area contributed by atoms with Gasteiger partial charge in [-0.05, 0) is 40.6 Å². The highest BCUT2D eigenvalue weighted by Crippen LogP contribution is 2.20. The fourth-order valence-electron chi connectivity index (χ4n) is 3.26. The van der Waals surface area contributed by atoms with Gasteiger partial charge in [0.2, 0.25) is 10.0 Å². The monoisotopic (exact) mass is 426 g/mol. The second-order valence-electron chi connectivity index (χ2n) is 6.76. The summed E-state index contributed by atoms with van der Waals surface area (Å²) >= 11 is 0. The van der Waals surface area contributed by atoms with Crippen molar-refractivity contribution in [1.29, 1.82) is 0 Å². The number of carbonyl (C=O) groups excluding carboxylic acids is 1. The van der Waals surface area contributed by atoms with Gasteiger partial charge in [0.05, 0.1) is 4.90 Å². The predicted molar refractivity (Wildman–Crippen MR) is 118 cm³/mol. The number of hydrogen-bond acceptors (Lipinski definition) is 4. The summed E-state index contributed by atoms with van der Waals surface area (Å²) in [5.41, 5.74) is 1.03. The molecule has 0 radical (unpaired) electrons. The Bertz CT molecular complexity index is 1100. The van der Waals surface area contributed by atoms with Gasteiger partial charge in [-0.1, -0.05) is 56.3 Å². The highest BCUT2D eigenvalue weighted by molar-refractivity contribution is 7.89. The van der Waals surface area contributed by atoms with Crippen LogP contribution in [0.1, 0.15) is 19.4 Å². The third-order valence-corrected chi connectivity index (χ3v) is 6.96. The largest absolute Gasteiger partial charge is 0.484 e. The van der Waals surface area contributed by atoms with Crippen LogP contribution in [-0.4, -0.2) is 38.3 Å². The van der Waals surface area contributed by atoms with Crippen molar-refractivity contribution in [2.45, 2.75) is 25.3 Å². The molecule has 30 heavy (non-hydrogen) atoms. The Balaban J connectivity index is 1.56. The van der Waals surface area contributed by atoms with Crippen molar-refractivity contribution in [3.8, 4) is 5.75 Å². The lowest BCUT2D eigenvalue weighted by Gasteiger charge is -2.18. The van der Waals surface area contributed by atoms with Gasteiger partial charge in [-0.3, -0.25) is 4.79 Å². The van der Waals surface area contributed by atoms with E-state index in [0.29, 0.717) is 25.4 Å². The van der Waals surface area contributed by atoms with Crippen molar-refractivity contribution < 1.29 is 17.9 Å². The average Bonchev–Trinajstić information content (AvgIpc) is 2.77.